The molecule has 0 spiro atoms. The van der Waals surface area contributed by atoms with Crippen molar-refractivity contribution in [3.05, 3.63) is 65.8 Å². The van der Waals surface area contributed by atoms with Crippen LogP contribution >= 0.6 is 0 Å². The van der Waals surface area contributed by atoms with Gasteiger partial charge in [-0.2, -0.15) is 0 Å². The lowest BCUT2D eigenvalue weighted by molar-refractivity contribution is 1.03. The maximum Gasteiger partial charge on any atom is -0.0155 e. The molecule has 0 unspecified atom stereocenters. The Morgan fingerprint density at radius 1 is 1.19 bits per heavy atom. The van der Waals surface area contributed by atoms with Crippen LogP contribution in [0.5, 0.6) is 0 Å². The molecule has 0 fully saturated rings. The zero-order valence-corrected chi connectivity index (χ0v) is 9.82. The first kappa shape index (κ1) is 10.9. The van der Waals surface area contributed by atoms with Crippen molar-refractivity contribution in [2.45, 2.75) is 26.2 Å². The van der Waals surface area contributed by atoms with Crippen LogP contribution in [-0.4, -0.2) is 0 Å². The Bertz CT molecular complexity index is 419. The molecule has 1 aliphatic carbocycles. The van der Waals surface area contributed by atoms with E-state index in [-0.39, 0.29) is 0 Å². The van der Waals surface area contributed by atoms with E-state index in [1.54, 1.807) is 0 Å². The molecule has 0 bridgehead atoms. The summed E-state index contributed by atoms with van der Waals surface area (Å²) < 4.78 is 0. The maximum absolute atomic E-state index is 2.34. The predicted molar refractivity (Wildman–Crippen MR) is 71.2 cm³/mol. The monoisotopic (exact) mass is 210 g/mol. The molecular weight excluding hydrogens is 192 g/mol. The lowest BCUT2D eigenvalue weighted by Crippen LogP contribution is -1.91. The summed E-state index contributed by atoms with van der Waals surface area (Å²) in [6.07, 6.45) is 12.6. The standard InChI is InChI=1S/C16H18/c1-2-9-16(14-10-5-3-6-11-14)15-12-7-4-8-13-15/h3,5-7,9-13H,2,4,8H2,1H3/b16-9+. The van der Waals surface area contributed by atoms with Crippen LogP contribution in [-0.2, 0) is 0 Å². The van der Waals surface area contributed by atoms with E-state index < -0.39 is 0 Å². The molecule has 0 heteroatoms. The van der Waals surface area contributed by atoms with E-state index in [4.69, 9.17) is 0 Å². The first-order chi connectivity index (χ1) is 7.92. The van der Waals surface area contributed by atoms with Crippen molar-refractivity contribution in [2.75, 3.05) is 0 Å². The fourth-order valence-electron chi connectivity index (χ4n) is 2.04. The second-order valence-corrected chi connectivity index (χ2v) is 4.03. The number of rotatable bonds is 3. The minimum atomic E-state index is 1.08. The van der Waals surface area contributed by atoms with Crippen LogP contribution in [0.4, 0.5) is 0 Å². The Kier molecular flexibility index (Phi) is 3.76. The van der Waals surface area contributed by atoms with Gasteiger partial charge in [0.1, 0.15) is 0 Å². The maximum atomic E-state index is 2.34. The molecule has 0 N–H and O–H groups in total. The molecule has 1 aliphatic rings. The summed E-state index contributed by atoms with van der Waals surface area (Å²) in [5, 5.41) is 0. The molecule has 0 radical (unpaired) electrons. The highest BCUT2D eigenvalue weighted by Gasteiger charge is 2.06. The second-order valence-electron chi connectivity index (χ2n) is 4.03. The van der Waals surface area contributed by atoms with Gasteiger partial charge < -0.3 is 0 Å². The number of benzene rings is 1. The molecule has 0 aromatic heterocycles. The number of hydrogen-bond acceptors (Lipinski definition) is 0. The molecular formula is C16H18. The third kappa shape index (κ3) is 2.52. The van der Waals surface area contributed by atoms with Crippen molar-refractivity contribution < 1.29 is 0 Å². The average Bonchev–Trinajstić information content (AvgIpc) is 2.38. The summed E-state index contributed by atoms with van der Waals surface area (Å²) in [5.74, 6) is 0. The summed E-state index contributed by atoms with van der Waals surface area (Å²) in [6.45, 7) is 2.19. The predicted octanol–water partition coefficient (Wildman–Crippen LogP) is 4.76. The van der Waals surface area contributed by atoms with Gasteiger partial charge in [0.25, 0.3) is 0 Å². The topological polar surface area (TPSA) is 0 Å². The Morgan fingerprint density at radius 2 is 2.00 bits per heavy atom. The van der Waals surface area contributed by atoms with Crippen LogP contribution in [0, 0.1) is 0 Å². The Hall–Kier alpha value is -1.56. The van der Waals surface area contributed by atoms with Gasteiger partial charge in [-0.05, 0) is 36.0 Å². The average molecular weight is 210 g/mol. The van der Waals surface area contributed by atoms with Gasteiger partial charge in [0.05, 0.1) is 0 Å². The van der Waals surface area contributed by atoms with Gasteiger partial charge in [-0.15, -0.1) is 0 Å². The van der Waals surface area contributed by atoms with Crippen LogP contribution in [0.15, 0.2) is 60.2 Å². The molecule has 0 saturated carbocycles. The summed E-state index contributed by atoms with van der Waals surface area (Å²) in [4.78, 5) is 0. The fraction of sp³-hybridized carbons (Fsp3) is 0.250. The van der Waals surface area contributed by atoms with Gasteiger partial charge in [0.2, 0.25) is 0 Å². The minimum Gasteiger partial charge on any atom is -0.0836 e. The van der Waals surface area contributed by atoms with Crippen molar-refractivity contribution >= 4 is 5.57 Å². The summed E-state index contributed by atoms with van der Waals surface area (Å²) in [5.41, 5.74) is 4.07. The highest BCUT2D eigenvalue weighted by Crippen LogP contribution is 2.27. The molecule has 0 amide bonds. The van der Waals surface area contributed by atoms with Crippen molar-refractivity contribution in [3.8, 4) is 0 Å². The van der Waals surface area contributed by atoms with E-state index in [1.165, 1.54) is 29.6 Å². The molecule has 2 rings (SSSR count). The summed E-state index contributed by atoms with van der Waals surface area (Å²) >= 11 is 0. The Balaban J connectivity index is 2.35. The molecule has 16 heavy (non-hydrogen) atoms. The van der Waals surface area contributed by atoms with Crippen LogP contribution in [0.3, 0.4) is 0 Å². The summed E-state index contributed by atoms with van der Waals surface area (Å²) in [7, 11) is 0. The number of allylic oxidation sites excluding steroid dienone is 6. The van der Waals surface area contributed by atoms with Gasteiger partial charge in [0, 0.05) is 0 Å². The normalized spacial score (nSPS) is 16.1. The van der Waals surface area contributed by atoms with Crippen LogP contribution in [0.1, 0.15) is 31.7 Å². The molecule has 0 aliphatic heterocycles. The molecule has 1 aromatic carbocycles. The quantitative estimate of drug-likeness (QED) is 0.675. The van der Waals surface area contributed by atoms with Crippen molar-refractivity contribution in [2.24, 2.45) is 0 Å². The van der Waals surface area contributed by atoms with Crippen molar-refractivity contribution in [1.29, 1.82) is 0 Å². The zero-order valence-electron chi connectivity index (χ0n) is 9.82. The lowest BCUT2D eigenvalue weighted by Gasteiger charge is -2.12. The van der Waals surface area contributed by atoms with Crippen molar-refractivity contribution in [1.82, 2.24) is 0 Å². The third-order valence-corrected chi connectivity index (χ3v) is 2.80. The Morgan fingerprint density at radius 3 is 2.62 bits per heavy atom. The van der Waals surface area contributed by atoms with Crippen LogP contribution in [0.25, 0.3) is 5.57 Å². The van der Waals surface area contributed by atoms with Crippen LogP contribution < -0.4 is 0 Å². The van der Waals surface area contributed by atoms with Gasteiger partial charge in [0.15, 0.2) is 0 Å². The zero-order chi connectivity index (χ0) is 11.2. The molecule has 0 heterocycles. The molecule has 0 saturated heterocycles. The van der Waals surface area contributed by atoms with E-state index in [9.17, 15) is 0 Å². The number of hydrogen-bond donors (Lipinski definition) is 0. The smallest absolute Gasteiger partial charge is 0.0155 e. The Labute approximate surface area is 98.0 Å². The van der Waals surface area contributed by atoms with Crippen molar-refractivity contribution in [3.63, 3.8) is 0 Å². The third-order valence-electron chi connectivity index (χ3n) is 2.80. The molecule has 1 aromatic rings. The van der Waals surface area contributed by atoms with E-state index in [0.717, 1.165) is 6.42 Å². The highest BCUT2D eigenvalue weighted by molar-refractivity contribution is 5.81. The van der Waals surface area contributed by atoms with Gasteiger partial charge >= 0.3 is 0 Å². The van der Waals surface area contributed by atoms with E-state index in [2.05, 4.69) is 61.6 Å². The fourth-order valence-corrected chi connectivity index (χ4v) is 2.04. The van der Waals surface area contributed by atoms with E-state index in [0.29, 0.717) is 0 Å². The minimum absolute atomic E-state index is 1.08. The van der Waals surface area contributed by atoms with E-state index in [1.807, 2.05) is 0 Å². The van der Waals surface area contributed by atoms with Gasteiger partial charge in [-0.25, -0.2) is 0 Å². The lowest BCUT2D eigenvalue weighted by atomic mass is 9.93. The molecule has 0 atom stereocenters. The summed E-state index contributed by atoms with van der Waals surface area (Å²) in [6, 6.07) is 10.6. The first-order valence-electron chi connectivity index (χ1n) is 6.04. The second kappa shape index (κ2) is 5.50. The highest BCUT2D eigenvalue weighted by atomic mass is 14.1. The molecule has 82 valence electrons. The van der Waals surface area contributed by atoms with Crippen LogP contribution in [0.2, 0.25) is 0 Å². The SMILES string of the molecule is CC/C=C(/C1=CCCC=C1)c1ccccc1. The first-order valence-corrected chi connectivity index (χ1v) is 6.04. The van der Waals surface area contributed by atoms with Gasteiger partial charge in [-0.1, -0.05) is 61.6 Å². The molecule has 0 nitrogen and oxygen atoms in total. The van der Waals surface area contributed by atoms with E-state index >= 15 is 0 Å². The van der Waals surface area contributed by atoms with Gasteiger partial charge in [-0.3, -0.25) is 0 Å². The largest absolute Gasteiger partial charge is 0.0836 e.